The molecule has 5 nitrogen and oxygen atoms in total. The third kappa shape index (κ3) is 2.72. The molecule has 8 heteroatoms. The summed E-state index contributed by atoms with van der Waals surface area (Å²) < 4.78 is 39.0. The first-order chi connectivity index (χ1) is 11.7. The number of rotatable bonds is 5. The Hall–Kier alpha value is -1.96. The molecule has 1 aliphatic carbocycles. The molecule has 0 bridgehead atoms. The van der Waals surface area contributed by atoms with Gasteiger partial charge >= 0.3 is 5.97 Å². The molecule has 0 aliphatic heterocycles. The van der Waals surface area contributed by atoms with Crippen LogP contribution in [0.15, 0.2) is 53.4 Å². The van der Waals surface area contributed by atoms with Crippen LogP contribution in [0.2, 0.25) is 5.02 Å². The van der Waals surface area contributed by atoms with Crippen LogP contribution in [0.5, 0.6) is 0 Å². The number of hydrogen-bond donors (Lipinski definition) is 2. The minimum Gasteiger partial charge on any atom is -0.481 e. The van der Waals surface area contributed by atoms with E-state index in [1.807, 2.05) is 0 Å². The molecule has 0 saturated heterocycles. The number of halogens is 2. The number of sulfone groups is 1. The number of carbonyl (C=O) groups is 1. The highest BCUT2D eigenvalue weighted by molar-refractivity contribution is 7.92. The van der Waals surface area contributed by atoms with E-state index in [1.165, 1.54) is 36.4 Å². The summed E-state index contributed by atoms with van der Waals surface area (Å²) >= 11 is 5.77. The van der Waals surface area contributed by atoms with Crippen LogP contribution in [0, 0.1) is 11.2 Å². The number of aliphatic hydroxyl groups is 1. The van der Waals surface area contributed by atoms with Crippen molar-refractivity contribution in [1.29, 1.82) is 0 Å². The molecule has 25 heavy (non-hydrogen) atoms. The van der Waals surface area contributed by atoms with Crippen LogP contribution in [0.4, 0.5) is 4.39 Å². The standard InChI is InChI=1S/C17H14ClFO5S/c18-11-3-7-13(8-4-11)25(23,24)15-14(17(15,9-20)16(21)22)10-1-5-12(19)6-2-10/h1-8,14-15,20H,9H2,(H,21,22)/t14-,15-,17+/m0/s1. The normalized spacial score (nSPS) is 25.6. The lowest BCUT2D eigenvalue weighted by atomic mass is 10.0. The van der Waals surface area contributed by atoms with Gasteiger partial charge in [-0.1, -0.05) is 23.7 Å². The van der Waals surface area contributed by atoms with Crippen LogP contribution in [-0.4, -0.2) is 36.5 Å². The Bertz CT molecular complexity index is 911. The maximum absolute atomic E-state index is 13.1. The van der Waals surface area contributed by atoms with E-state index in [4.69, 9.17) is 11.6 Å². The minimum atomic E-state index is -4.05. The number of benzene rings is 2. The lowest BCUT2D eigenvalue weighted by Crippen LogP contribution is -2.27. The SMILES string of the molecule is O=C(O)[C@]1(CO)[C@@H](c2ccc(F)cc2)[C@@H]1S(=O)(=O)c1ccc(Cl)cc1. The second kappa shape index (κ2) is 6.09. The highest BCUT2D eigenvalue weighted by Crippen LogP contribution is 2.64. The van der Waals surface area contributed by atoms with Gasteiger partial charge in [0.05, 0.1) is 16.8 Å². The van der Waals surface area contributed by atoms with Gasteiger partial charge in [0.25, 0.3) is 0 Å². The Kier molecular flexibility index (Phi) is 4.35. The van der Waals surface area contributed by atoms with Crippen LogP contribution < -0.4 is 0 Å². The van der Waals surface area contributed by atoms with Crippen molar-refractivity contribution in [1.82, 2.24) is 0 Å². The number of hydrogen-bond acceptors (Lipinski definition) is 4. The van der Waals surface area contributed by atoms with Gasteiger partial charge in [-0.2, -0.15) is 0 Å². The molecule has 3 rings (SSSR count). The first-order valence-electron chi connectivity index (χ1n) is 7.34. The molecule has 0 radical (unpaired) electrons. The smallest absolute Gasteiger partial charge is 0.314 e. The van der Waals surface area contributed by atoms with Crippen LogP contribution in [0.1, 0.15) is 11.5 Å². The van der Waals surface area contributed by atoms with E-state index < -0.39 is 44.8 Å². The number of carboxylic acids is 1. The molecule has 0 aromatic heterocycles. The monoisotopic (exact) mass is 384 g/mol. The number of carboxylic acid groups (broad SMARTS) is 1. The zero-order chi connectivity index (χ0) is 18.4. The molecular formula is C17H14ClFO5S. The van der Waals surface area contributed by atoms with E-state index in [-0.39, 0.29) is 4.90 Å². The Morgan fingerprint density at radius 2 is 1.68 bits per heavy atom. The van der Waals surface area contributed by atoms with E-state index >= 15 is 0 Å². The fourth-order valence-corrected chi connectivity index (χ4v) is 5.77. The minimum absolute atomic E-state index is 0.0782. The summed E-state index contributed by atoms with van der Waals surface area (Å²) in [6.07, 6.45) is 0. The maximum atomic E-state index is 13.1. The van der Waals surface area contributed by atoms with Crippen molar-refractivity contribution in [3.05, 3.63) is 64.9 Å². The van der Waals surface area contributed by atoms with E-state index in [1.54, 1.807) is 0 Å². The van der Waals surface area contributed by atoms with Crippen molar-refractivity contribution in [3.8, 4) is 0 Å². The van der Waals surface area contributed by atoms with Crippen LogP contribution in [0.3, 0.4) is 0 Å². The molecule has 1 aliphatic rings. The van der Waals surface area contributed by atoms with Crippen LogP contribution in [0.25, 0.3) is 0 Å². The Morgan fingerprint density at radius 1 is 1.12 bits per heavy atom. The van der Waals surface area contributed by atoms with Gasteiger partial charge < -0.3 is 10.2 Å². The van der Waals surface area contributed by atoms with Crippen molar-refractivity contribution >= 4 is 27.4 Å². The predicted molar refractivity (Wildman–Crippen MR) is 88.7 cm³/mol. The zero-order valence-corrected chi connectivity index (χ0v) is 14.3. The molecule has 0 unspecified atom stereocenters. The largest absolute Gasteiger partial charge is 0.481 e. The highest BCUT2D eigenvalue weighted by Gasteiger charge is 2.75. The first-order valence-corrected chi connectivity index (χ1v) is 9.27. The number of aliphatic carboxylic acids is 1. The quantitative estimate of drug-likeness (QED) is 0.826. The lowest BCUT2D eigenvalue weighted by Gasteiger charge is -2.09. The van der Waals surface area contributed by atoms with E-state index in [0.717, 1.165) is 12.1 Å². The van der Waals surface area contributed by atoms with Crippen molar-refractivity contribution in [3.63, 3.8) is 0 Å². The van der Waals surface area contributed by atoms with E-state index in [9.17, 15) is 27.8 Å². The molecule has 0 heterocycles. The molecule has 2 aromatic rings. The van der Waals surface area contributed by atoms with Crippen molar-refractivity contribution in [2.75, 3.05) is 6.61 Å². The summed E-state index contributed by atoms with van der Waals surface area (Å²) in [4.78, 5) is 11.7. The fourth-order valence-electron chi connectivity index (χ4n) is 3.28. The topological polar surface area (TPSA) is 91.7 Å². The fraction of sp³-hybridized carbons (Fsp3) is 0.235. The van der Waals surface area contributed by atoms with Gasteiger partial charge in [0.15, 0.2) is 9.84 Å². The molecule has 132 valence electrons. The first kappa shape index (κ1) is 17.8. The molecule has 1 saturated carbocycles. The number of aliphatic hydroxyl groups excluding tert-OH is 1. The Labute approximate surface area is 148 Å². The molecule has 0 amide bonds. The van der Waals surface area contributed by atoms with E-state index in [2.05, 4.69) is 0 Å². The van der Waals surface area contributed by atoms with Gasteiger partial charge in [0.2, 0.25) is 0 Å². The molecule has 2 N–H and O–H groups in total. The van der Waals surface area contributed by atoms with Crippen LogP contribution in [-0.2, 0) is 14.6 Å². The third-order valence-electron chi connectivity index (χ3n) is 4.62. The van der Waals surface area contributed by atoms with Gasteiger partial charge in [-0.05, 0) is 42.0 Å². The molecule has 2 aromatic carbocycles. The third-order valence-corrected chi connectivity index (χ3v) is 7.16. The average Bonchev–Trinajstić information content (AvgIpc) is 3.27. The average molecular weight is 385 g/mol. The lowest BCUT2D eigenvalue weighted by molar-refractivity contribution is -0.145. The maximum Gasteiger partial charge on any atom is 0.314 e. The predicted octanol–water partition coefficient (Wildman–Crippen LogP) is 2.48. The highest BCUT2D eigenvalue weighted by atomic mass is 35.5. The van der Waals surface area contributed by atoms with Crippen LogP contribution >= 0.6 is 11.6 Å². The van der Waals surface area contributed by atoms with E-state index in [0.29, 0.717) is 10.6 Å². The summed E-state index contributed by atoms with van der Waals surface area (Å²) in [5.74, 6) is -2.91. The summed E-state index contributed by atoms with van der Waals surface area (Å²) in [6, 6.07) is 10.3. The van der Waals surface area contributed by atoms with Gasteiger partial charge in [-0.25, -0.2) is 12.8 Å². The molecule has 3 atom stereocenters. The molecule has 1 fully saturated rings. The van der Waals surface area contributed by atoms with Gasteiger partial charge in [-0.3, -0.25) is 4.79 Å². The zero-order valence-electron chi connectivity index (χ0n) is 12.8. The summed E-state index contributed by atoms with van der Waals surface area (Å²) in [5.41, 5.74) is -1.52. The Balaban J connectivity index is 2.10. The second-order valence-electron chi connectivity index (χ2n) is 5.95. The van der Waals surface area contributed by atoms with Crippen molar-refractivity contribution in [2.45, 2.75) is 16.1 Å². The summed E-state index contributed by atoms with van der Waals surface area (Å²) in [7, 11) is -4.05. The second-order valence-corrected chi connectivity index (χ2v) is 8.46. The molecular weight excluding hydrogens is 371 g/mol. The van der Waals surface area contributed by atoms with Crippen molar-refractivity contribution < 1.29 is 27.8 Å². The summed E-state index contributed by atoms with van der Waals surface area (Å²) in [5, 5.41) is 18.3. The van der Waals surface area contributed by atoms with Crippen molar-refractivity contribution in [2.24, 2.45) is 5.41 Å². The Morgan fingerprint density at radius 3 is 2.16 bits per heavy atom. The molecule has 0 spiro atoms. The van der Waals surface area contributed by atoms with Gasteiger partial charge in [0.1, 0.15) is 11.2 Å². The van der Waals surface area contributed by atoms with Gasteiger partial charge in [-0.15, -0.1) is 0 Å². The van der Waals surface area contributed by atoms with Gasteiger partial charge in [0, 0.05) is 10.9 Å². The summed E-state index contributed by atoms with van der Waals surface area (Å²) in [6.45, 7) is -0.845.